The van der Waals surface area contributed by atoms with E-state index in [-0.39, 0.29) is 16.8 Å². The average Bonchev–Trinajstić information content (AvgIpc) is 2.92. The van der Waals surface area contributed by atoms with Crippen molar-refractivity contribution in [2.75, 3.05) is 10.0 Å². The van der Waals surface area contributed by atoms with Gasteiger partial charge in [-0.15, -0.1) is 0 Å². The first-order valence-electron chi connectivity index (χ1n) is 8.10. The quantitative estimate of drug-likeness (QED) is 0.508. The van der Waals surface area contributed by atoms with Gasteiger partial charge in [-0.2, -0.15) is 5.10 Å². The monoisotopic (exact) mass is 512 g/mol. The van der Waals surface area contributed by atoms with Gasteiger partial charge in [0.05, 0.1) is 8.47 Å². The van der Waals surface area contributed by atoms with Crippen LogP contribution in [0.1, 0.15) is 21.9 Å². The molecule has 0 unspecified atom stereocenters. The SMILES string of the molecule is Cc1cc(C)nc(NS(=O)(=O)c2ccc(NC(=O)c3nn(C)cc3I)cc2)n1. The molecule has 9 nitrogen and oxygen atoms in total. The molecular formula is C17H17IN6O3S. The molecule has 0 aliphatic rings. The van der Waals surface area contributed by atoms with Gasteiger partial charge in [-0.3, -0.25) is 9.48 Å². The van der Waals surface area contributed by atoms with Crippen molar-refractivity contribution in [3.63, 3.8) is 0 Å². The van der Waals surface area contributed by atoms with Gasteiger partial charge >= 0.3 is 0 Å². The van der Waals surface area contributed by atoms with Gasteiger partial charge in [0.15, 0.2) is 5.69 Å². The van der Waals surface area contributed by atoms with Gasteiger partial charge in [-0.1, -0.05) is 0 Å². The lowest BCUT2D eigenvalue weighted by Gasteiger charge is -2.09. The Balaban J connectivity index is 1.75. The van der Waals surface area contributed by atoms with Crippen LogP contribution >= 0.6 is 22.6 Å². The fraction of sp³-hybridized carbons (Fsp3) is 0.176. The number of rotatable bonds is 5. The molecule has 0 saturated heterocycles. The average molecular weight is 512 g/mol. The molecule has 2 N–H and O–H groups in total. The maximum Gasteiger partial charge on any atom is 0.277 e. The second kappa shape index (κ2) is 7.83. The lowest BCUT2D eigenvalue weighted by molar-refractivity contribution is 0.102. The zero-order chi connectivity index (χ0) is 20.5. The molecule has 2 aromatic heterocycles. The third kappa shape index (κ3) is 4.65. The Hall–Kier alpha value is -2.54. The Bertz CT molecular complexity index is 1120. The van der Waals surface area contributed by atoms with E-state index in [0.717, 1.165) is 3.57 Å². The fourth-order valence-corrected chi connectivity index (χ4v) is 4.17. The molecule has 28 heavy (non-hydrogen) atoms. The zero-order valence-electron chi connectivity index (χ0n) is 15.3. The minimum Gasteiger partial charge on any atom is -0.321 e. The van der Waals surface area contributed by atoms with Crippen LogP contribution in [0.4, 0.5) is 11.6 Å². The molecule has 0 bridgehead atoms. The van der Waals surface area contributed by atoms with Crippen LogP contribution in [0.25, 0.3) is 0 Å². The molecule has 146 valence electrons. The Morgan fingerprint density at radius 2 is 1.71 bits per heavy atom. The van der Waals surface area contributed by atoms with Crippen molar-refractivity contribution in [1.29, 1.82) is 0 Å². The predicted molar refractivity (Wildman–Crippen MR) is 113 cm³/mol. The lowest BCUT2D eigenvalue weighted by Crippen LogP contribution is -2.16. The highest BCUT2D eigenvalue weighted by atomic mass is 127. The highest BCUT2D eigenvalue weighted by Crippen LogP contribution is 2.18. The van der Waals surface area contributed by atoms with Gasteiger partial charge in [-0.05, 0) is 66.8 Å². The van der Waals surface area contributed by atoms with E-state index in [1.165, 1.54) is 24.3 Å². The minimum absolute atomic E-state index is 0.0135. The maximum atomic E-state index is 12.5. The van der Waals surface area contributed by atoms with E-state index in [9.17, 15) is 13.2 Å². The Morgan fingerprint density at radius 1 is 1.11 bits per heavy atom. The number of carbonyl (C=O) groups excluding carboxylic acids is 1. The molecular weight excluding hydrogens is 495 g/mol. The van der Waals surface area contributed by atoms with Crippen LogP contribution in [-0.2, 0) is 17.1 Å². The summed E-state index contributed by atoms with van der Waals surface area (Å²) in [5.41, 5.74) is 2.07. The normalized spacial score (nSPS) is 11.3. The van der Waals surface area contributed by atoms with E-state index >= 15 is 0 Å². The number of carbonyl (C=O) groups is 1. The number of aromatic nitrogens is 4. The molecule has 3 rings (SSSR count). The summed E-state index contributed by atoms with van der Waals surface area (Å²) >= 11 is 2.03. The van der Waals surface area contributed by atoms with Gasteiger partial charge in [0, 0.05) is 30.3 Å². The van der Waals surface area contributed by atoms with E-state index < -0.39 is 10.0 Å². The van der Waals surface area contributed by atoms with Crippen LogP contribution in [0.15, 0.2) is 41.4 Å². The van der Waals surface area contributed by atoms with Gasteiger partial charge < -0.3 is 5.32 Å². The smallest absolute Gasteiger partial charge is 0.277 e. The molecule has 1 aromatic carbocycles. The number of halogens is 1. The van der Waals surface area contributed by atoms with Crippen molar-refractivity contribution in [2.45, 2.75) is 18.7 Å². The van der Waals surface area contributed by atoms with Crippen molar-refractivity contribution in [2.24, 2.45) is 7.05 Å². The predicted octanol–water partition coefficient (Wildman–Crippen LogP) is 2.48. The van der Waals surface area contributed by atoms with Gasteiger partial charge in [-0.25, -0.2) is 23.1 Å². The highest BCUT2D eigenvalue weighted by molar-refractivity contribution is 14.1. The number of nitrogens with zero attached hydrogens (tertiary/aromatic N) is 4. The Labute approximate surface area is 175 Å². The molecule has 0 atom stereocenters. The molecule has 0 spiro atoms. The highest BCUT2D eigenvalue weighted by Gasteiger charge is 2.18. The third-order valence-corrected chi connectivity index (χ3v) is 5.76. The molecule has 0 radical (unpaired) electrons. The van der Waals surface area contributed by atoms with Crippen LogP contribution in [0.5, 0.6) is 0 Å². The third-order valence-electron chi connectivity index (χ3n) is 3.63. The Kier molecular flexibility index (Phi) is 5.65. The van der Waals surface area contributed by atoms with Crippen LogP contribution in [0.3, 0.4) is 0 Å². The summed E-state index contributed by atoms with van der Waals surface area (Å²) in [4.78, 5) is 20.5. The van der Waals surface area contributed by atoms with Crippen molar-refractivity contribution in [1.82, 2.24) is 19.7 Å². The van der Waals surface area contributed by atoms with Crippen LogP contribution in [0.2, 0.25) is 0 Å². The minimum atomic E-state index is -3.85. The number of anilines is 2. The summed E-state index contributed by atoms with van der Waals surface area (Å²) in [7, 11) is -2.12. The first-order chi connectivity index (χ1) is 13.1. The number of sulfonamides is 1. The summed E-state index contributed by atoms with van der Waals surface area (Å²) in [6, 6.07) is 7.54. The topological polar surface area (TPSA) is 119 Å². The van der Waals surface area contributed by atoms with E-state index in [0.29, 0.717) is 22.8 Å². The van der Waals surface area contributed by atoms with Gasteiger partial charge in [0.25, 0.3) is 15.9 Å². The van der Waals surface area contributed by atoms with Crippen LogP contribution in [0, 0.1) is 17.4 Å². The first kappa shape index (κ1) is 20.2. The maximum absolute atomic E-state index is 12.5. The summed E-state index contributed by atoms with van der Waals surface area (Å²) in [5, 5.41) is 6.80. The molecule has 0 aliphatic heterocycles. The van der Waals surface area contributed by atoms with E-state index in [4.69, 9.17) is 0 Å². The van der Waals surface area contributed by atoms with E-state index in [1.807, 2.05) is 22.6 Å². The first-order valence-corrected chi connectivity index (χ1v) is 10.7. The molecule has 0 aliphatic carbocycles. The van der Waals surface area contributed by atoms with Crippen LogP contribution < -0.4 is 10.0 Å². The fourth-order valence-electron chi connectivity index (χ4n) is 2.47. The number of benzene rings is 1. The van der Waals surface area contributed by atoms with Crippen molar-refractivity contribution < 1.29 is 13.2 Å². The van der Waals surface area contributed by atoms with Crippen molar-refractivity contribution >= 4 is 50.2 Å². The van der Waals surface area contributed by atoms with Crippen LogP contribution in [-0.4, -0.2) is 34.1 Å². The van der Waals surface area contributed by atoms with E-state index in [2.05, 4.69) is 25.1 Å². The number of aryl methyl sites for hydroxylation is 3. The van der Waals surface area contributed by atoms with Gasteiger partial charge in [0.1, 0.15) is 0 Å². The molecule has 2 heterocycles. The summed E-state index contributed by atoms with van der Waals surface area (Å²) < 4.78 is 29.7. The lowest BCUT2D eigenvalue weighted by atomic mass is 10.3. The standard InChI is InChI=1S/C17H17IN6O3S/c1-10-8-11(2)20-17(19-10)23-28(26,27)13-6-4-12(5-7-13)21-16(25)15-14(18)9-24(3)22-15/h4-9H,1-3H3,(H,21,25)(H,19,20,23). The summed E-state index contributed by atoms with van der Waals surface area (Å²) in [5.74, 6) is -0.359. The largest absolute Gasteiger partial charge is 0.321 e. The second-order valence-electron chi connectivity index (χ2n) is 6.06. The molecule has 0 fully saturated rings. The van der Waals surface area contributed by atoms with Crippen molar-refractivity contribution in [3.8, 4) is 0 Å². The molecule has 3 aromatic rings. The van der Waals surface area contributed by atoms with Crippen molar-refractivity contribution in [3.05, 3.63) is 57.2 Å². The number of nitrogens with one attached hydrogen (secondary N) is 2. The summed E-state index contributed by atoms with van der Waals surface area (Å²) in [6.07, 6.45) is 1.73. The molecule has 0 saturated carbocycles. The number of amides is 1. The second-order valence-corrected chi connectivity index (χ2v) is 8.90. The molecule has 11 heteroatoms. The summed E-state index contributed by atoms with van der Waals surface area (Å²) in [6.45, 7) is 3.51. The number of hydrogen-bond acceptors (Lipinski definition) is 6. The zero-order valence-corrected chi connectivity index (χ0v) is 18.2. The van der Waals surface area contributed by atoms with Gasteiger partial charge in [0.2, 0.25) is 5.95 Å². The molecule has 1 amide bonds. The van der Waals surface area contributed by atoms with E-state index in [1.54, 1.807) is 37.8 Å². The Morgan fingerprint density at radius 3 is 2.25 bits per heavy atom. The number of hydrogen-bond donors (Lipinski definition) is 2.